The molecule has 1 aliphatic heterocycles. The molecule has 0 fully saturated rings. The Bertz CT molecular complexity index is 3420. The minimum Gasteiger partial charge on any atom is -0.337 e. The fourth-order valence-electron chi connectivity index (χ4n) is 10.6. The van der Waals surface area contributed by atoms with Crippen LogP contribution in [-0.2, 0) is 5.41 Å². The number of para-hydroxylation sites is 2. The first-order valence-electron chi connectivity index (χ1n) is 22.2. The Kier molecular flexibility index (Phi) is 8.98. The lowest BCUT2D eigenvalue weighted by Gasteiger charge is -2.34. The molecule has 1 aliphatic carbocycles. The molecular weight excluding hydrogens is 773 g/mol. The Morgan fingerprint density at radius 1 is 0.422 bits per heavy atom. The first kappa shape index (κ1) is 37.6. The van der Waals surface area contributed by atoms with Gasteiger partial charge in [0.1, 0.15) is 0 Å². The van der Waals surface area contributed by atoms with E-state index in [1.165, 1.54) is 66.3 Å². The van der Waals surface area contributed by atoms with E-state index >= 15 is 0 Å². The average Bonchev–Trinajstić information content (AvgIpc) is 3.88. The van der Waals surface area contributed by atoms with Crippen molar-refractivity contribution in [3.8, 4) is 27.9 Å². The second-order valence-electron chi connectivity index (χ2n) is 16.9. The van der Waals surface area contributed by atoms with Crippen LogP contribution in [0.3, 0.4) is 0 Å². The van der Waals surface area contributed by atoms with E-state index in [0.717, 1.165) is 39.3 Å². The van der Waals surface area contributed by atoms with E-state index < -0.39 is 5.41 Å². The van der Waals surface area contributed by atoms with Crippen molar-refractivity contribution in [1.82, 2.24) is 4.57 Å². The van der Waals surface area contributed by atoms with Gasteiger partial charge in [0.15, 0.2) is 0 Å². The Balaban J connectivity index is 1.00. The van der Waals surface area contributed by atoms with Crippen LogP contribution in [0.4, 0.5) is 11.4 Å². The summed E-state index contributed by atoms with van der Waals surface area (Å²) in [6, 6.07) is 82.1. The third kappa shape index (κ3) is 5.95. The monoisotopic (exact) mass is 816 g/mol. The minimum absolute atomic E-state index is 0.454. The lowest BCUT2D eigenvalue weighted by Crippen LogP contribution is -2.28. The minimum atomic E-state index is -0.454. The Hall–Kier alpha value is -8.20. The molecule has 0 atom stereocenters. The number of aromatic nitrogens is 1. The third-order valence-electron chi connectivity index (χ3n) is 13.4. The fourth-order valence-corrected chi connectivity index (χ4v) is 10.6. The van der Waals surface area contributed by atoms with Gasteiger partial charge in [0, 0.05) is 39.9 Å². The average molecular weight is 817 g/mol. The normalized spacial score (nSPS) is 15.3. The van der Waals surface area contributed by atoms with Crippen molar-refractivity contribution in [3.05, 3.63) is 283 Å². The van der Waals surface area contributed by atoms with Crippen LogP contribution in [0.5, 0.6) is 0 Å². The SMILES string of the molecule is C=C1/C=C(c2ccccc2)\C=C/CN(c2ccc(C3(c4ccccc4)c4ccccc4-c4ccccc43)cc2)c2ccc(-c3ccc4c(c3)c3ccccc3n4-c3ccccc3)cc21. The molecule has 64 heavy (non-hydrogen) atoms. The van der Waals surface area contributed by atoms with E-state index in [4.69, 9.17) is 6.58 Å². The summed E-state index contributed by atoms with van der Waals surface area (Å²) in [4.78, 5) is 2.44. The molecule has 9 aromatic carbocycles. The van der Waals surface area contributed by atoms with Gasteiger partial charge in [-0.15, -0.1) is 0 Å². The van der Waals surface area contributed by atoms with Gasteiger partial charge in [-0.1, -0.05) is 189 Å². The van der Waals surface area contributed by atoms with Crippen LogP contribution in [-0.4, -0.2) is 11.1 Å². The first-order chi connectivity index (χ1) is 31.7. The van der Waals surface area contributed by atoms with Crippen molar-refractivity contribution in [3.63, 3.8) is 0 Å². The fraction of sp³-hybridized carbons (Fsp3) is 0.0323. The third-order valence-corrected chi connectivity index (χ3v) is 13.4. The largest absolute Gasteiger partial charge is 0.337 e. The Morgan fingerprint density at radius 3 is 1.73 bits per heavy atom. The van der Waals surface area contributed by atoms with Gasteiger partial charge < -0.3 is 9.47 Å². The molecule has 0 saturated heterocycles. The molecule has 2 heterocycles. The maximum absolute atomic E-state index is 4.78. The highest BCUT2D eigenvalue weighted by atomic mass is 15.1. The van der Waals surface area contributed by atoms with E-state index in [9.17, 15) is 0 Å². The summed E-state index contributed by atoms with van der Waals surface area (Å²) >= 11 is 0. The van der Waals surface area contributed by atoms with Gasteiger partial charge in [-0.25, -0.2) is 0 Å². The van der Waals surface area contributed by atoms with Gasteiger partial charge in [0.25, 0.3) is 0 Å². The second kappa shape index (κ2) is 15.3. The zero-order chi connectivity index (χ0) is 42.6. The molecule has 10 aromatic rings. The number of fused-ring (bicyclic) bond motifs is 7. The molecule has 0 N–H and O–H groups in total. The van der Waals surface area contributed by atoms with Crippen LogP contribution in [0.15, 0.2) is 249 Å². The molecule has 2 nitrogen and oxygen atoms in total. The number of rotatable bonds is 6. The molecule has 2 heteroatoms. The number of benzene rings is 9. The molecule has 0 radical (unpaired) electrons. The smallest absolute Gasteiger partial charge is 0.0713 e. The van der Waals surface area contributed by atoms with E-state index in [-0.39, 0.29) is 0 Å². The summed E-state index contributed by atoms with van der Waals surface area (Å²) in [5, 5.41) is 2.47. The quantitative estimate of drug-likeness (QED) is 0.162. The summed E-state index contributed by atoms with van der Waals surface area (Å²) in [6.07, 6.45) is 6.78. The van der Waals surface area contributed by atoms with Gasteiger partial charge in [-0.05, 0) is 122 Å². The molecular formula is C62H44N2. The van der Waals surface area contributed by atoms with Crippen LogP contribution in [0.25, 0.3) is 60.9 Å². The molecule has 12 rings (SSSR count). The van der Waals surface area contributed by atoms with Crippen LogP contribution in [0.1, 0.15) is 33.4 Å². The summed E-state index contributed by atoms with van der Waals surface area (Å²) in [6.45, 7) is 5.46. The lowest BCUT2D eigenvalue weighted by atomic mass is 9.68. The van der Waals surface area contributed by atoms with Gasteiger partial charge >= 0.3 is 0 Å². The molecule has 0 bridgehead atoms. The molecule has 0 amide bonds. The molecule has 0 spiro atoms. The molecule has 1 aromatic heterocycles. The maximum Gasteiger partial charge on any atom is 0.0713 e. The highest BCUT2D eigenvalue weighted by Crippen LogP contribution is 2.56. The van der Waals surface area contributed by atoms with Gasteiger partial charge in [0.05, 0.1) is 16.4 Å². The Labute approximate surface area is 374 Å². The van der Waals surface area contributed by atoms with Crippen LogP contribution in [0.2, 0.25) is 0 Å². The number of anilines is 2. The van der Waals surface area contributed by atoms with Crippen molar-refractivity contribution >= 4 is 44.3 Å². The van der Waals surface area contributed by atoms with Crippen molar-refractivity contribution in [2.45, 2.75) is 5.41 Å². The van der Waals surface area contributed by atoms with Crippen LogP contribution < -0.4 is 4.90 Å². The summed E-state index contributed by atoms with van der Waals surface area (Å²) in [7, 11) is 0. The second-order valence-corrected chi connectivity index (χ2v) is 16.9. The maximum atomic E-state index is 4.78. The van der Waals surface area contributed by atoms with Crippen molar-refractivity contribution in [1.29, 1.82) is 0 Å². The lowest BCUT2D eigenvalue weighted by molar-refractivity contribution is 0.768. The van der Waals surface area contributed by atoms with Crippen molar-refractivity contribution in [2.75, 3.05) is 11.4 Å². The predicted molar refractivity (Wildman–Crippen MR) is 270 cm³/mol. The number of hydrogen-bond acceptors (Lipinski definition) is 1. The van der Waals surface area contributed by atoms with E-state index in [1.807, 2.05) is 0 Å². The van der Waals surface area contributed by atoms with E-state index in [2.05, 4.69) is 252 Å². The number of allylic oxidation sites excluding steroid dienone is 4. The first-order valence-corrected chi connectivity index (χ1v) is 22.2. The highest BCUT2D eigenvalue weighted by Gasteiger charge is 2.45. The predicted octanol–water partition coefficient (Wildman–Crippen LogP) is 15.6. The van der Waals surface area contributed by atoms with Crippen molar-refractivity contribution < 1.29 is 0 Å². The van der Waals surface area contributed by atoms with Gasteiger partial charge in [-0.2, -0.15) is 0 Å². The van der Waals surface area contributed by atoms with Crippen molar-refractivity contribution in [2.24, 2.45) is 0 Å². The van der Waals surface area contributed by atoms with E-state index in [1.54, 1.807) is 0 Å². The molecule has 0 saturated carbocycles. The topological polar surface area (TPSA) is 8.17 Å². The Morgan fingerprint density at radius 2 is 1.00 bits per heavy atom. The summed E-state index contributed by atoms with van der Waals surface area (Å²) in [5.41, 5.74) is 19.8. The summed E-state index contributed by atoms with van der Waals surface area (Å²) < 4.78 is 2.37. The van der Waals surface area contributed by atoms with Gasteiger partial charge in [-0.3, -0.25) is 0 Å². The molecule has 302 valence electrons. The summed E-state index contributed by atoms with van der Waals surface area (Å²) in [5.74, 6) is 0. The number of nitrogens with zero attached hydrogens (tertiary/aromatic N) is 2. The van der Waals surface area contributed by atoms with Crippen LogP contribution in [0, 0.1) is 0 Å². The van der Waals surface area contributed by atoms with Gasteiger partial charge in [0.2, 0.25) is 0 Å². The zero-order valence-corrected chi connectivity index (χ0v) is 35.4. The standard InChI is InChI=1S/C62H44N2/c1-43-40-45(44-18-5-2-6-19-44)20-17-39-63(50-35-33-49(34-36-50)62(48-21-7-3-8-22-48)57-28-14-11-25-52(57)53-26-12-15-29-58(53)62)59-37-31-46(41-55(43)59)47-32-38-61-56(42-47)54-27-13-16-30-60(54)64(61)51-23-9-4-10-24-51/h2-38,40-42H,1,39H2/b20-17-,45-40+. The van der Waals surface area contributed by atoms with E-state index in [0.29, 0.717) is 6.54 Å². The highest BCUT2D eigenvalue weighted by molar-refractivity contribution is 6.10. The van der Waals surface area contributed by atoms with Crippen LogP contribution >= 0.6 is 0 Å². The zero-order valence-electron chi connectivity index (χ0n) is 35.4. The molecule has 0 unspecified atom stereocenters. The number of hydrogen-bond donors (Lipinski definition) is 0. The molecule has 2 aliphatic rings.